The van der Waals surface area contributed by atoms with Crippen molar-refractivity contribution in [2.45, 2.75) is 46.3 Å². The van der Waals surface area contributed by atoms with Crippen LogP contribution in [0.4, 0.5) is 5.69 Å². The number of hydrogen-bond donors (Lipinski definition) is 2. The van der Waals surface area contributed by atoms with Crippen molar-refractivity contribution in [1.82, 2.24) is 4.98 Å². The lowest BCUT2D eigenvalue weighted by molar-refractivity contribution is -0.0749. The minimum atomic E-state index is -0.212. The predicted octanol–water partition coefficient (Wildman–Crippen LogP) is 1.99. The summed E-state index contributed by atoms with van der Waals surface area (Å²) in [6.45, 7) is 11.7. The standard InChI is InChI=1S/C15H24N4O/c1-9-6-12(13(14(16)17)11(3)18-9)19-7-10(2)20-15(4,5)8-19/h6,10H,7-8H2,1-5H3,(H3,16,17). The molecule has 0 bridgehead atoms. The first-order valence-corrected chi connectivity index (χ1v) is 6.95. The van der Waals surface area contributed by atoms with Crippen LogP contribution in [0, 0.1) is 19.3 Å². The quantitative estimate of drug-likeness (QED) is 0.640. The number of aryl methyl sites for hydroxylation is 2. The van der Waals surface area contributed by atoms with Crippen molar-refractivity contribution in [3.8, 4) is 0 Å². The molecule has 0 radical (unpaired) electrons. The molecule has 20 heavy (non-hydrogen) atoms. The minimum absolute atomic E-state index is 0.0713. The van der Waals surface area contributed by atoms with E-state index in [2.05, 4.69) is 30.7 Å². The molecule has 0 aliphatic carbocycles. The first-order valence-electron chi connectivity index (χ1n) is 6.95. The van der Waals surface area contributed by atoms with Crippen LogP contribution in [0.2, 0.25) is 0 Å². The Bertz CT molecular complexity index is 539. The largest absolute Gasteiger partial charge is 0.384 e. The zero-order valence-electron chi connectivity index (χ0n) is 12.9. The lowest BCUT2D eigenvalue weighted by Crippen LogP contribution is -2.52. The first kappa shape index (κ1) is 14.8. The van der Waals surface area contributed by atoms with Crippen LogP contribution in [0.1, 0.15) is 37.7 Å². The maximum Gasteiger partial charge on any atom is 0.126 e. The number of rotatable bonds is 2. The van der Waals surface area contributed by atoms with Gasteiger partial charge in [0.1, 0.15) is 5.84 Å². The van der Waals surface area contributed by atoms with Gasteiger partial charge in [-0.05, 0) is 40.7 Å². The molecule has 1 aliphatic rings. The molecule has 110 valence electrons. The molecule has 5 heteroatoms. The maximum atomic E-state index is 7.84. The number of aromatic nitrogens is 1. The van der Waals surface area contributed by atoms with E-state index >= 15 is 0 Å². The number of nitrogens with one attached hydrogen (secondary N) is 1. The van der Waals surface area contributed by atoms with Crippen LogP contribution >= 0.6 is 0 Å². The van der Waals surface area contributed by atoms with Crippen molar-refractivity contribution in [2.24, 2.45) is 5.73 Å². The number of pyridine rings is 1. The van der Waals surface area contributed by atoms with Gasteiger partial charge in [0.15, 0.2) is 0 Å². The van der Waals surface area contributed by atoms with Gasteiger partial charge in [-0.2, -0.15) is 0 Å². The van der Waals surface area contributed by atoms with Gasteiger partial charge in [0.05, 0.1) is 28.6 Å². The summed E-state index contributed by atoms with van der Waals surface area (Å²) >= 11 is 0. The van der Waals surface area contributed by atoms with Crippen LogP contribution in [-0.4, -0.2) is 35.6 Å². The van der Waals surface area contributed by atoms with E-state index in [0.717, 1.165) is 35.7 Å². The molecule has 5 nitrogen and oxygen atoms in total. The molecule has 2 rings (SSSR count). The van der Waals surface area contributed by atoms with Crippen molar-refractivity contribution in [3.63, 3.8) is 0 Å². The summed E-state index contributed by atoms with van der Waals surface area (Å²) in [4.78, 5) is 6.68. The van der Waals surface area contributed by atoms with Gasteiger partial charge < -0.3 is 15.4 Å². The Hall–Kier alpha value is -1.62. The molecule has 3 N–H and O–H groups in total. The van der Waals surface area contributed by atoms with Gasteiger partial charge in [-0.3, -0.25) is 10.4 Å². The lowest BCUT2D eigenvalue weighted by atomic mass is 10.0. The molecule has 0 amide bonds. The van der Waals surface area contributed by atoms with Crippen LogP contribution in [0.25, 0.3) is 0 Å². The summed E-state index contributed by atoms with van der Waals surface area (Å²) in [5.41, 5.74) is 9.03. The highest BCUT2D eigenvalue weighted by molar-refractivity contribution is 6.01. The molecule has 1 fully saturated rings. The number of hydrogen-bond acceptors (Lipinski definition) is 4. The van der Waals surface area contributed by atoms with Gasteiger partial charge in [-0.25, -0.2) is 0 Å². The highest BCUT2D eigenvalue weighted by atomic mass is 16.5. The van der Waals surface area contributed by atoms with Gasteiger partial charge in [-0.15, -0.1) is 0 Å². The summed E-state index contributed by atoms with van der Waals surface area (Å²) in [7, 11) is 0. The third-order valence-electron chi connectivity index (χ3n) is 3.49. The average Bonchev–Trinajstić information content (AvgIpc) is 2.24. The molecule has 1 aromatic heterocycles. The van der Waals surface area contributed by atoms with E-state index in [0.29, 0.717) is 0 Å². The van der Waals surface area contributed by atoms with Crippen LogP contribution in [-0.2, 0) is 4.74 Å². The number of nitrogen functional groups attached to an aromatic ring is 1. The van der Waals surface area contributed by atoms with Gasteiger partial charge >= 0.3 is 0 Å². The molecule has 0 spiro atoms. The van der Waals surface area contributed by atoms with Crippen molar-refractivity contribution in [1.29, 1.82) is 5.41 Å². The second-order valence-corrected chi connectivity index (χ2v) is 6.23. The van der Waals surface area contributed by atoms with Crippen LogP contribution in [0.15, 0.2) is 6.07 Å². The molecule has 1 unspecified atom stereocenters. The highest BCUT2D eigenvalue weighted by Crippen LogP contribution is 2.30. The first-order chi connectivity index (χ1) is 9.19. The second-order valence-electron chi connectivity index (χ2n) is 6.23. The molecule has 1 aromatic rings. The normalized spacial score (nSPS) is 21.9. The van der Waals surface area contributed by atoms with E-state index in [9.17, 15) is 0 Å². The van der Waals surface area contributed by atoms with E-state index in [1.165, 1.54) is 0 Å². The number of anilines is 1. The van der Waals surface area contributed by atoms with Gasteiger partial charge in [-0.1, -0.05) is 0 Å². The van der Waals surface area contributed by atoms with E-state index in [1.54, 1.807) is 0 Å². The third kappa shape index (κ3) is 2.93. The molecular weight excluding hydrogens is 252 g/mol. The summed E-state index contributed by atoms with van der Waals surface area (Å²) in [6, 6.07) is 2.01. The Morgan fingerprint density at radius 1 is 1.50 bits per heavy atom. The van der Waals surface area contributed by atoms with Crippen molar-refractivity contribution < 1.29 is 4.74 Å². The maximum absolute atomic E-state index is 7.84. The van der Waals surface area contributed by atoms with Crippen molar-refractivity contribution >= 4 is 11.5 Å². The van der Waals surface area contributed by atoms with Crippen molar-refractivity contribution in [3.05, 3.63) is 23.0 Å². The zero-order valence-corrected chi connectivity index (χ0v) is 12.9. The smallest absolute Gasteiger partial charge is 0.126 e. The topological polar surface area (TPSA) is 75.2 Å². The summed E-state index contributed by atoms with van der Waals surface area (Å²) in [6.07, 6.45) is 0.146. The van der Waals surface area contributed by atoms with E-state index in [4.69, 9.17) is 15.9 Å². The molecule has 0 aromatic carbocycles. The van der Waals surface area contributed by atoms with Crippen LogP contribution in [0.3, 0.4) is 0 Å². The monoisotopic (exact) mass is 276 g/mol. The highest BCUT2D eigenvalue weighted by Gasteiger charge is 2.33. The number of ether oxygens (including phenoxy) is 1. The van der Waals surface area contributed by atoms with Crippen LogP contribution < -0.4 is 10.6 Å². The number of amidine groups is 1. The number of morpholine rings is 1. The Kier molecular flexibility index (Phi) is 3.73. The van der Waals surface area contributed by atoms with Gasteiger partial charge in [0.25, 0.3) is 0 Å². The average molecular weight is 276 g/mol. The van der Waals surface area contributed by atoms with E-state index in [-0.39, 0.29) is 17.5 Å². The molecular formula is C15H24N4O. The fraction of sp³-hybridized carbons (Fsp3) is 0.600. The molecule has 1 atom stereocenters. The Morgan fingerprint density at radius 2 is 2.15 bits per heavy atom. The molecule has 2 heterocycles. The van der Waals surface area contributed by atoms with Gasteiger partial charge in [0, 0.05) is 18.8 Å². The molecule has 1 saturated heterocycles. The predicted molar refractivity (Wildman–Crippen MR) is 81.6 cm³/mol. The summed E-state index contributed by atoms with van der Waals surface area (Å²) in [5, 5.41) is 7.84. The minimum Gasteiger partial charge on any atom is -0.384 e. The van der Waals surface area contributed by atoms with E-state index in [1.807, 2.05) is 19.9 Å². The van der Waals surface area contributed by atoms with E-state index < -0.39 is 0 Å². The molecule has 0 saturated carbocycles. The summed E-state index contributed by atoms with van der Waals surface area (Å²) < 4.78 is 5.94. The van der Waals surface area contributed by atoms with Gasteiger partial charge in [0.2, 0.25) is 0 Å². The fourth-order valence-electron chi connectivity index (χ4n) is 3.03. The molecule has 1 aliphatic heterocycles. The zero-order chi connectivity index (χ0) is 15.1. The number of nitrogens with zero attached hydrogens (tertiary/aromatic N) is 2. The number of nitrogens with two attached hydrogens (primary N) is 1. The SMILES string of the molecule is Cc1cc(N2CC(C)OC(C)(C)C2)c(C(=N)N)c(C)n1. The second kappa shape index (κ2) is 5.05. The lowest BCUT2D eigenvalue weighted by Gasteiger charge is -2.43. The van der Waals surface area contributed by atoms with Crippen LogP contribution in [0.5, 0.6) is 0 Å². The summed E-state index contributed by atoms with van der Waals surface area (Å²) in [5.74, 6) is 0.0713. The Morgan fingerprint density at radius 3 is 2.70 bits per heavy atom. The third-order valence-corrected chi connectivity index (χ3v) is 3.49. The fourth-order valence-corrected chi connectivity index (χ4v) is 3.03. The Labute approximate surface area is 120 Å². The Balaban J connectivity index is 2.48. The van der Waals surface area contributed by atoms with Crippen molar-refractivity contribution in [2.75, 3.05) is 18.0 Å².